The standard InChI is InChI=1S/C20H20N4O2/c1-12-23-17-10-13(2-9-18(17)24(12)16-7-8-16)11-22-20(26)15-5-3-14(4-6-15)19(21)25/h2-6,9-10,16H,7-8,11H2,1H3,(H2,21,25)(H,22,26). The second-order valence-electron chi connectivity index (χ2n) is 6.71. The molecule has 0 spiro atoms. The van der Waals surface area contributed by atoms with E-state index in [2.05, 4.69) is 20.9 Å². The van der Waals surface area contributed by atoms with Crippen LogP contribution in [0.1, 0.15) is 51.0 Å². The van der Waals surface area contributed by atoms with Crippen LogP contribution in [-0.4, -0.2) is 21.4 Å². The van der Waals surface area contributed by atoms with E-state index in [0.29, 0.717) is 23.7 Å². The number of hydrogen-bond donors (Lipinski definition) is 2. The number of benzene rings is 2. The number of nitrogens with two attached hydrogens (primary N) is 1. The summed E-state index contributed by atoms with van der Waals surface area (Å²) in [6, 6.07) is 13.0. The van der Waals surface area contributed by atoms with E-state index in [1.54, 1.807) is 24.3 Å². The van der Waals surface area contributed by atoms with Crippen molar-refractivity contribution >= 4 is 22.8 Å². The number of hydrogen-bond acceptors (Lipinski definition) is 3. The molecule has 2 aromatic carbocycles. The van der Waals surface area contributed by atoms with E-state index in [4.69, 9.17) is 5.73 Å². The number of nitrogens with zero attached hydrogens (tertiary/aromatic N) is 2. The first-order valence-corrected chi connectivity index (χ1v) is 8.68. The van der Waals surface area contributed by atoms with Crippen LogP contribution < -0.4 is 11.1 Å². The summed E-state index contributed by atoms with van der Waals surface area (Å²) in [5, 5.41) is 2.90. The zero-order valence-corrected chi connectivity index (χ0v) is 14.5. The molecule has 0 radical (unpaired) electrons. The highest BCUT2D eigenvalue weighted by atomic mass is 16.2. The third-order valence-electron chi connectivity index (χ3n) is 4.73. The summed E-state index contributed by atoms with van der Waals surface area (Å²) in [6.07, 6.45) is 2.44. The van der Waals surface area contributed by atoms with Gasteiger partial charge in [0.15, 0.2) is 0 Å². The van der Waals surface area contributed by atoms with Crippen molar-refractivity contribution < 1.29 is 9.59 Å². The number of primary amides is 1. The monoisotopic (exact) mass is 348 g/mol. The molecule has 0 bridgehead atoms. The summed E-state index contributed by atoms with van der Waals surface area (Å²) in [7, 11) is 0. The number of carbonyl (C=O) groups excluding carboxylic acids is 2. The number of nitrogens with one attached hydrogen (secondary N) is 1. The highest BCUT2D eigenvalue weighted by molar-refractivity contribution is 5.97. The van der Waals surface area contributed by atoms with Gasteiger partial charge in [-0.25, -0.2) is 4.98 Å². The number of amides is 2. The van der Waals surface area contributed by atoms with Crippen molar-refractivity contribution in [2.45, 2.75) is 32.4 Å². The van der Waals surface area contributed by atoms with E-state index in [1.807, 2.05) is 19.1 Å². The van der Waals surface area contributed by atoms with E-state index < -0.39 is 5.91 Å². The predicted molar refractivity (Wildman–Crippen MR) is 98.9 cm³/mol. The Morgan fingerprint density at radius 3 is 2.50 bits per heavy atom. The van der Waals surface area contributed by atoms with Crippen LogP contribution in [-0.2, 0) is 6.54 Å². The quantitative estimate of drug-likeness (QED) is 0.743. The van der Waals surface area contributed by atoms with Gasteiger partial charge in [0.2, 0.25) is 5.91 Å². The Morgan fingerprint density at radius 1 is 1.15 bits per heavy atom. The fourth-order valence-electron chi connectivity index (χ4n) is 3.24. The minimum Gasteiger partial charge on any atom is -0.366 e. The van der Waals surface area contributed by atoms with Crippen LogP contribution in [0, 0.1) is 6.92 Å². The number of aromatic nitrogens is 2. The van der Waals surface area contributed by atoms with Gasteiger partial charge in [0.25, 0.3) is 5.91 Å². The third kappa shape index (κ3) is 3.06. The molecule has 1 saturated carbocycles. The molecule has 1 aliphatic rings. The second kappa shape index (κ2) is 6.29. The van der Waals surface area contributed by atoms with E-state index in [1.165, 1.54) is 12.8 Å². The summed E-state index contributed by atoms with van der Waals surface area (Å²) in [5.41, 5.74) is 9.20. The van der Waals surface area contributed by atoms with Crippen LogP contribution in [0.5, 0.6) is 0 Å². The van der Waals surface area contributed by atoms with Crippen molar-refractivity contribution in [2.24, 2.45) is 5.73 Å². The summed E-state index contributed by atoms with van der Waals surface area (Å²) < 4.78 is 2.30. The topological polar surface area (TPSA) is 90.0 Å². The van der Waals surface area contributed by atoms with E-state index in [-0.39, 0.29) is 5.91 Å². The van der Waals surface area contributed by atoms with E-state index >= 15 is 0 Å². The molecular formula is C20H20N4O2. The van der Waals surface area contributed by atoms with Crippen LogP contribution in [0.3, 0.4) is 0 Å². The normalized spacial score (nSPS) is 13.7. The maximum atomic E-state index is 12.3. The average molecular weight is 348 g/mol. The maximum Gasteiger partial charge on any atom is 0.251 e. The van der Waals surface area contributed by atoms with Gasteiger partial charge in [0.05, 0.1) is 11.0 Å². The Hall–Kier alpha value is -3.15. The van der Waals surface area contributed by atoms with Crippen LogP contribution in [0.4, 0.5) is 0 Å². The highest BCUT2D eigenvalue weighted by Crippen LogP contribution is 2.38. The fourth-order valence-corrected chi connectivity index (χ4v) is 3.24. The van der Waals surface area contributed by atoms with Gasteiger partial charge in [-0.2, -0.15) is 0 Å². The third-order valence-corrected chi connectivity index (χ3v) is 4.73. The van der Waals surface area contributed by atoms with Crippen LogP contribution in [0.15, 0.2) is 42.5 Å². The Labute approximate surface area is 151 Å². The fraction of sp³-hybridized carbons (Fsp3) is 0.250. The molecule has 3 aromatic rings. The van der Waals surface area contributed by atoms with Crippen LogP contribution in [0.25, 0.3) is 11.0 Å². The molecule has 3 N–H and O–H groups in total. The highest BCUT2D eigenvalue weighted by Gasteiger charge is 2.26. The zero-order chi connectivity index (χ0) is 18.3. The molecule has 26 heavy (non-hydrogen) atoms. The molecule has 0 atom stereocenters. The zero-order valence-electron chi connectivity index (χ0n) is 14.5. The molecule has 4 rings (SSSR count). The van der Waals surface area contributed by atoms with Crippen molar-refractivity contribution in [3.63, 3.8) is 0 Å². The molecule has 1 aliphatic carbocycles. The summed E-state index contributed by atoms with van der Waals surface area (Å²) in [4.78, 5) is 28.0. The van der Waals surface area contributed by atoms with Gasteiger partial charge >= 0.3 is 0 Å². The first-order valence-electron chi connectivity index (χ1n) is 8.68. The van der Waals surface area contributed by atoms with Crippen LogP contribution >= 0.6 is 0 Å². The van der Waals surface area contributed by atoms with Gasteiger partial charge in [-0.15, -0.1) is 0 Å². The number of carbonyl (C=O) groups is 2. The van der Waals surface area contributed by atoms with Gasteiger partial charge in [-0.05, 0) is 61.7 Å². The number of aryl methyl sites for hydroxylation is 1. The van der Waals surface area contributed by atoms with Gasteiger partial charge in [0, 0.05) is 23.7 Å². The van der Waals surface area contributed by atoms with E-state index in [9.17, 15) is 9.59 Å². The van der Waals surface area contributed by atoms with Gasteiger partial charge in [0.1, 0.15) is 5.82 Å². The molecule has 1 fully saturated rings. The Morgan fingerprint density at radius 2 is 1.85 bits per heavy atom. The molecule has 1 aromatic heterocycles. The molecule has 0 saturated heterocycles. The summed E-state index contributed by atoms with van der Waals surface area (Å²) in [5.74, 6) is 0.338. The Bertz CT molecular complexity index is 1000. The average Bonchev–Trinajstić information content (AvgIpc) is 3.41. The lowest BCUT2D eigenvalue weighted by molar-refractivity contribution is 0.0948. The van der Waals surface area contributed by atoms with Gasteiger partial charge in [-0.3, -0.25) is 9.59 Å². The smallest absolute Gasteiger partial charge is 0.251 e. The lowest BCUT2D eigenvalue weighted by Gasteiger charge is -2.07. The molecule has 0 unspecified atom stereocenters. The van der Waals surface area contributed by atoms with Crippen molar-refractivity contribution in [1.29, 1.82) is 0 Å². The molecule has 6 heteroatoms. The molecule has 2 amide bonds. The molecular weight excluding hydrogens is 328 g/mol. The molecule has 6 nitrogen and oxygen atoms in total. The van der Waals surface area contributed by atoms with Crippen molar-refractivity contribution in [2.75, 3.05) is 0 Å². The lowest BCUT2D eigenvalue weighted by Crippen LogP contribution is -2.23. The maximum absolute atomic E-state index is 12.3. The Kier molecular flexibility index (Phi) is 3.95. The number of rotatable bonds is 5. The van der Waals surface area contributed by atoms with Gasteiger partial charge < -0.3 is 15.6 Å². The van der Waals surface area contributed by atoms with Crippen molar-refractivity contribution in [3.05, 3.63) is 65.0 Å². The molecule has 0 aliphatic heterocycles. The first-order chi connectivity index (χ1) is 12.5. The summed E-state index contributed by atoms with van der Waals surface area (Å²) in [6.45, 7) is 2.46. The van der Waals surface area contributed by atoms with Crippen molar-refractivity contribution in [3.8, 4) is 0 Å². The second-order valence-corrected chi connectivity index (χ2v) is 6.71. The number of fused-ring (bicyclic) bond motifs is 1. The minimum absolute atomic E-state index is 0.194. The lowest BCUT2D eigenvalue weighted by atomic mass is 10.1. The predicted octanol–water partition coefficient (Wildman–Crippen LogP) is 2.71. The van der Waals surface area contributed by atoms with Crippen LogP contribution in [0.2, 0.25) is 0 Å². The summed E-state index contributed by atoms with van der Waals surface area (Å²) >= 11 is 0. The molecule has 1 heterocycles. The SMILES string of the molecule is Cc1nc2cc(CNC(=O)c3ccc(C(N)=O)cc3)ccc2n1C1CC1. The van der Waals surface area contributed by atoms with Gasteiger partial charge in [-0.1, -0.05) is 6.07 Å². The molecule has 132 valence electrons. The minimum atomic E-state index is -0.508. The number of imidazole rings is 1. The first kappa shape index (κ1) is 16.3. The Balaban J connectivity index is 1.47. The van der Waals surface area contributed by atoms with E-state index in [0.717, 1.165) is 22.4 Å². The largest absolute Gasteiger partial charge is 0.366 e. The van der Waals surface area contributed by atoms with Crippen molar-refractivity contribution in [1.82, 2.24) is 14.9 Å².